The van der Waals surface area contributed by atoms with Crippen molar-refractivity contribution in [3.8, 4) is 0 Å². The molecule has 0 fully saturated rings. The molecule has 0 radical (unpaired) electrons. The van der Waals surface area contributed by atoms with E-state index in [2.05, 4.69) is 120 Å². The molecule has 0 heterocycles. The summed E-state index contributed by atoms with van der Waals surface area (Å²) < 4.78 is 8.81. The zero-order chi connectivity index (χ0) is 54.3. The molecular weight excluding hydrogens is 833 g/mol. The van der Waals surface area contributed by atoms with E-state index in [1.54, 1.807) is 13.8 Å². The predicted molar refractivity (Wildman–Crippen MR) is 320 cm³/mol. The highest BCUT2D eigenvalue weighted by Crippen LogP contribution is 2.04. The van der Waals surface area contributed by atoms with Crippen LogP contribution in [0.2, 0.25) is 0 Å². The maximum Gasteiger partial charge on any atom is 0.302 e. The van der Waals surface area contributed by atoms with Crippen molar-refractivity contribution in [2.45, 2.75) is 395 Å². The number of unbranched alkanes of at least 4 members (excludes halogenated alkanes) is 32. The zero-order valence-electron chi connectivity index (χ0n) is 52.3. The second-order valence-electron chi connectivity index (χ2n) is 18.3. The summed E-state index contributed by atoms with van der Waals surface area (Å²) >= 11 is 0. The minimum absolute atomic E-state index is 0.211. The molecule has 0 N–H and O–H groups in total. The third-order valence-corrected chi connectivity index (χ3v) is 10.4. The highest BCUT2D eigenvalue weighted by atomic mass is 16.5. The first kappa shape index (κ1) is 89.8. The highest BCUT2D eigenvalue weighted by Gasteiger charge is 1.85. The predicted octanol–water partition coefficient (Wildman–Crippen LogP) is 25.0. The van der Waals surface area contributed by atoms with Gasteiger partial charge in [0.05, 0.1) is 13.2 Å². The van der Waals surface area contributed by atoms with Gasteiger partial charge in [-0.05, 0) is 13.8 Å². The fourth-order valence-corrected chi connectivity index (χ4v) is 5.82. The topological polar surface area (TPSA) is 52.6 Å². The number of carbonyl (C=O) groups is 2. The molecule has 0 aromatic rings. The molecule has 4 heteroatoms. The first-order valence-electron chi connectivity index (χ1n) is 31.1. The van der Waals surface area contributed by atoms with Gasteiger partial charge >= 0.3 is 11.9 Å². The first-order valence-corrected chi connectivity index (χ1v) is 31.1. The number of ether oxygens (including phenoxy) is 2. The maximum atomic E-state index is 9.82. The molecule has 0 aliphatic rings. The van der Waals surface area contributed by atoms with Gasteiger partial charge in [-0.2, -0.15) is 0 Å². The lowest BCUT2D eigenvalue weighted by Gasteiger charge is -1.90. The van der Waals surface area contributed by atoms with E-state index in [4.69, 9.17) is 0 Å². The molecule has 0 spiro atoms. The van der Waals surface area contributed by atoms with Crippen molar-refractivity contribution in [3.05, 3.63) is 0 Å². The average molecular weight is 978 g/mol. The Labute approximate surface area is 437 Å². The molecule has 0 aromatic heterocycles. The Morgan fingerprint density at radius 2 is 0.279 bits per heavy atom. The van der Waals surface area contributed by atoms with Crippen molar-refractivity contribution in [1.82, 2.24) is 0 Å². The molecule has 0 saturated heterocycles. The number of hydrogen-bond acceptors (Lipinski definition) is 4. The summed E-state index contributed by atoms with van der Waals surface area (Å²) in [4.78, 5) is 19.6. The summed E-state index contributed by atoms with van der Waals surface area (Å²) in [6.45, 7) is 43.2. The second-order valence-corrected chi connectivity index (χ2v) is 18.3. The van der Waals surface area contributed by atoms with Gasteiger partial charge in [0.1, 0.15) is 0 Å². The normalized spacial score (nSPS) is 9.12. The van der Waals surface area contributed by atoms with Gasteiger partial charge in [-0.25, -0.2) is 0 Å². The van der Waals surface area contributed by atoms with Gasteiger partial charge in [-0.15, -0.1) is 0 Å². The third kappa shape index (κ3) is 195. The fraction of sp³-hybridized carbons (Fsp3) is 0.969. The van der Waals surface area contributed by atoms with Crippen molar-refractivity contribution in [2.24, 2.45) is 0 Å². The summed E-state index contributed by atoms with van der Waals surface area (Å²) in [6, 6.07) is 0. The van der Waals surface area contributed by atoms with Crippen molar-refractivity contribution < 1.29 is 19.1 Å². The lowest BCUT2D eigenvalue weighted by molar-refractivity contribution is -0.141. The van der Waals surface area contributed by atoms with Gasteiger partial charge in [-0.1, -0.05) is 368 Å². The number of carbonyl (C=O) groups excluding carboxylic acids is 2. The van der Waals surface area contributed by atoms with Gasteiger partial charge < -0.3 is 9.47 Å². The molecule has 0 aromatic carbocycles. The summed E-state index contributed by atoms with van der Waals surface area (Å²) in [5, 5.41) is 0. The lowest BCUT2D eigenvalue weighted by atomic mass is 10.2. The largest absolute Gasteiger partial charge is 0.466 e. The fourth-order valence-electron chi connectivity index (χ4n) is 5.82. The first-order chi connectivity index (χ1) is 32.9. The van der Waals surface area contributed by atoms with Crippen LogP contribution in [0.3, 0.4) is 0 Å². The number of hydrogen-bond donors (Lipinski definition) is 0. The maximum absolute atomic E-state index is 9.82. The van der Waals surface area contributed by atoms with Crippen LogP contribution in [-0.4, -0.2) is 25.2 Å². The minimum Gasteiger partial charge on any atom is -0.466 e. The molecule has 0 aliphatic heterocycles. The minimum atomic E-state index is -0.211. The molecule has 0 unspecified atom stereocenters. The molecule has 0 saturated carbocycles. The Hall–Kier alpha value is -1.06. The van der Waals surface area contributed by atoms with E-state index in [0.717, 1.165) is 0 Å². The molecule has 0 aliphatic carbocycles. The van der Waals surface area contributed by atoms with Crippen LogP contribution >= 0.6 is 0 Å². The number of esters is 2. The summed E-state index contributed by atoms with van der Waals surface area (Å²) in [6.07, 6.45) is 56.1. The molecule has 424 valence electrons. The van der Waals surface area contributed by atoms with E-state index in [1.807, 2.05) is 0 Å². The molecule has 0 rings (SSSR count). The summed E-state index contributed by atoms with van der Waals surface area (Å²) in [5.74, 6) is -0.421. The van der Waals surface area contributed by atoms with Crippen molar-refractivity contribution in [3.63, 3.8) is 0 Å². The average Bonchev–Trinajstić information content (AvgIpc) is 3.32. The van der Waals surface area contributed by atoms with Gasteiger partial charge in [-0.3, -0.25) is 9.59 Å². The van der Waals surface area contributed by atoms with Crippen LogP contribution in [-0.2, 0) is 19.1 Å². The van der Waals surface area contributed by atoms with Gasteiger partial charge in [0.2, 0.25) is 0 Å². The van der Waals surface area contributed by atoms with Crippen molar-refractivity contribution in [2.75, 3.05) is 13.2 Å². The van der Waals surface area contributed by atoms with E-state index in [-0.39, 0.29) is 11.9 Å². The standard InChI is InChI=1S/8C7H16.2C4H8O2/c8*1-3-5-7-6-4-2;2*1-3-6-4(2)5/h8*3-7H2,1-2H3;2*3H2,1-2H3. The summed E-state index contributed by atoms with van der Waals surface area (Å²) in [5.41, 5.74) is 0. The molecule has 0 bridgehead atoms. The van der Waals surface area contributed by atoms with Crippen LogP contribution in [0, 0.1) is 0 Å². The quantitative estimate of drug-likeness (QED) is 0.0476. The molecule has 68 heavy (non-hydrogen) atoms. The smallest absolute Gasteiger partial charge is 0.302 e. The van der Waals surface area contributed by atoms with Crippen LogP contribution in [0.5, 0.6) is 0 Å². The molecule has 0 amide bonds. The van der Waals surface area contributed by atoms with Crippen LogP contribution in [0.4, 0.5) is 0 Å². The Bertz CT molecular complexity index is 496. The van der Waals surface area contributed by atoms with Crippen LogP contribution < -0.4 is 0 Å². The van der Waals surface area contributed by atoms with E-state index < -0.39 is 0 Å². The Morgan fingerprint density at radius 1 is 0.191 bits per heavy atom. The van der Waals surface area contributed by atoms with Crippen LogP contribution in [0.15, 0.2) is 0 Å². The highest BCUT2D eigenvalue weighted by molar-refractivity contribution is 5.66. The second kappa shape index (κ2) is 116. The SMILES string of the molecule is CCCCCCC.CCCCCCC.CCCCCCC.CCCCCCC.CCCCCCC.CCCCCCC.CCCCCCC.CCCCCCC.CCOC(C)=O.CCOC(C)=O. The van der Waals surface area contributed by atoms with Gasteiger partial charge in [0.25, 0.3) is 0 Å². The van der Waals surface area contributed by atoms with Crippen molar-refractivity contribution in [1.29, 1.82) is 0 Å². The van der Waals surface area contributed by atoms with Crippen molar-refractivity contribution >= 4 is 11.9 Å². The molecule has 0 atom stereocenters. The van der Waals surface area contributed by atoms with E-state index in [0.29, 0.717) is 13.2 Å². The lowest BCUT2D eigenvalue weighted by Crippen LogP contribution is -1.95. The van der Waals surface area contributed by atoms with E-state index in [1.165, 1.54) is 271 Å². The molecular formula is C64H144O4. The Balaban J connectivity index is -0.0000000687. The Morgan fingerprint density at radius 3 is 0.309 bits per heavy atom. The monoisotopic (exact) mass is 977 g/mol. The van der Waals surface area contributed by atoms with Crippen LogP contribution in [0.1, 0.15) is 395 Å². The van der Waals surface area contributed by atoms with E-state index in [9.17, 15) is 9.59 Å². The number of rotatable bonds is 34. The Kier molecular flexibility index (Phi) is 153. The summed E-state index contributed by atoms with van der Waals surface area (Å²) in [7, 11) is 0. The van der Waals surface area contributed by atoms with Crippen LogP contribution in [0.25, 0.3) is 0 Å². The van der Waals surface area contributed by atoms with E-state index >= 15 is 0 Å². The van der Waals surface area contributed by atoms with Gasteiger partial charge in [0, 0.05) is 13.8 Å². The van der Waals surface area contributed by atoms with Gasteiger partial charge in [0.15, 0.2) is 0 Å². The third-order valence-electron chi connectivity index (χ3n) is 10.4. The zero-order valence-corrected chi connectivity index (χ0v) is 52.3. The molecule has 4 nitrogen and oxygen atoms in total.